The van der Waals surface area contributed by atoms with E-state index in [0.717, 1.165) is 26.1 Å². The van der Waals surface area contributed by atoms with Crippen molar-refractivity contribution in [2.24, 2.45) is 5.41 Å². The highest BCUT2D eigenvalue weighted by Gasteiger charge is 2.44. The summed E-state index contributed by atoms with van der Waals surface area (Å²) in [5.74, 6) is 0.0781. The minimum Gasteiger partial charge on any atom is -0.383 e. The monoisotopic (exact) mass is 510 g/mol. The normalized spacial score (nSPS) is 23.6. The van der Waals surface area contributed by atoms with Crippen LogP contribution in [0.4, 0.5) is 10.5 Å². The van der Waals surface area contributed by atoms with Crippen LogP contribution in [0.25, 0.3) is 0 Å². The number of carbonyl (C=O) groups excluding carboxylic acids is 2. The Bertz CT molecular complexity index is 885. The predicted octanol–water partition coefficient (Wildman–Crippen LogP) is 4.73. The summed E-state index contributed by atoms with van der Waals surface area (Å²) >= 11 is 12.1. The largest absolute Gasteiger partial charge is 0.383 e. The van der Waals surface area contributed by atoms with Gasteiger partial charge in [-0.3, -0.25) is 4.79 Å². The van der Waals surface area contributed by atoms with Crippen molar-refractivity contribution >= 4 is 40.8 Å². The molecule has 0 aromatic heterocycles. The average Bonchev–Trinajstić information content (AvgIpc) is 3.59. The van der Waals surface area contributed by atoms with Gasteiger partial charge >= 0.3 is 6.03 Å². The molecule has 2 aliphatic heterocycles. The number of carbonyl (C=O) groups is 2. The van der Waals surface area contributed by atoms with Gasteiger partial charge in [-0.2, -0.15) is 0 Å². The van der Waals surface area contributed by atoms with Crippen molar-refractivity contribution < 1.29 is 14.3 Å². The SMILES string of the molecule is COCC(CCN1CCC2(CC1)CC2)N1CC(C)N(C(=O)Nc2ccc(Cl)c(Cl)c2)CCC1=O. The van der Waals surface area contributed by atoms with Crippen molar-refractivity contribution in [1.82, 2.24) is 14.7 Å². The van der Waals surface area contributed by atoms with Crippen LogP contribution >= 0.6 is 23.2 Å². The Hall–Kier alpha value is -1.54. The molecule has 1 spiro atoms. The summed E-state index contributed by atoms with van der Waals surface area (Å²) in [4.78, 5) is 32.3. The molecule has 2 atom stereocenters. The molecular formula is C25H36Cl2N4O3. The number of ether oxygens (including phenoxy) is 1. The molecule has 3 amide bonds. The van der Waals surface area contributed by atoms with E-state index in [2.05, 4.69) is 10.2 Å². The molecule has 34 heavy (non-hydrogen) atoms. The highest BCUT2D eigenvalue weighted by atomic mass is 35.5. The molecule has 188 valence electrons. The van der Waals surface area contributed by atoms with Gasteiger partial charge < -0.3 is 24.8 Å². The molecule has 2 saturated heterocycles. The Kier molecular flexibility index (Phi) is 8.28. The van der Waals surface area contributed by atoms with E-state index >= 15 is 0 Å². The summed E-state index contributed by atoms with van der Waals surface area (Å²) in [6.07, 6.45) is 6.61. The lowest BCUT2D eigenvalue weighted by Gasteiger charge is -2.36. The molecule has 1 saturated carbocycles. The van der Waals surface area contributed by atoms with Crippen LogP contribution in [0.5, 0.6) is 0 Å². The first kappa shape index (κ1) is 25.5. The van der Waals surface area contributed by atoms with Crippen LogP contribution in [0, 0.1) is 5.41 Å². The van der Waals surface area contributed by atoms with Crippen molar-refractivity contribution in [3.05, 3.63) is 28.2 Å². The molecule has 1 aromatic carbocycles. The van der Waals surface area contributed by atoms with Gasteiger partial charge in [-0.1, -0.05) is 23.2 Å². The number of halogens is 2. The Morgan fingerprint density at radius 3 is 2.56 bits per heavy atom. The van der Waals surface area contributed by atoms with Gasteiger partial charge in [0.1, 0.15) is 0 Å². The number of nitrogens with zero attached hydrogens (tertiary/aromatic N) is 3. The van der Waals surface area contributed by atoms with E-state index in [9.17, 15) is 9.59 Å². The van der Waals surface area contributed by atoms with Crippen molar-refractivity contribution in [1.29, 1.82) is 0 Å². The van der Waals surface area contributed by atoms with E-state index in [1.54, 1.807) is 30.2 Å². The molecule has 3 aliphatic rings. The zero-order valence-electron chi connectivity index (χ0n) is 20.2. The van der Waals surface area contributed by atoms with Crippen LogP contribution in [0.15, 0.2) is 18.2 Å². The van der Waals surface area contributed by atoms with Crippen molar-refractivity contribution in [3.63, 3.8) is 0 Å². The number of methoxy groups -OCH3 is 1. The lowest BCUT2D eigenvalue weighted by Crippen LogP contribution is -2.49. The van der Waals surface area contributed by atoms with E-state index in [4.69, 9.17) is 27.9 Å². The van der Waals surface area contributed by atoms with E-state index in [1.807, 2.05) is 11.8 Å². The summed E-state index contributed by atoms with van der Waals surface area (Å²) in [6.45, 7) is 6.65. The molecule has 1 aliphatic carbocycles. The van der Waals surface area contributed by atoms with Gasteiger partial charge in [0.05, 0.1) is 22.7 Å². The second kappa shape index (κ2) is 11.0. The average molecular weight is 511 g/mol. The molecule has 7 nitrogen and oxygen atoms in total. The number of benzene rings is 1. The first-order valence-electron chi connectivity index (χ1n) is 12.3. The van der Waals surface area contributed by atoms with Crippen LogP contribution in [-0.2, 0) is 9.53 Å². The summed E-state index contributed by atoms with van der Waals surface area (Å²) in [5, 5.41) is 3.70. The second-order valence-corrected chi connectivity index (χ2v) is 11.0. The smallest absolute Gasteiger partial charge is 0.322 e. The molecule has 2 heterocycles. The molecular weight excluding hydrogens is 475 g/mol. The van der Waals surface area contributed by atoms with Crippen molar-refractivity contribution in [2.75, 3.05) is 51.8 Å². The van der Waals surface area contributed by atoms with Gasteiger partial charge in [0.2, 0.25) is 5.91 Å². The maximum atomic E-state index is 13.1. The zero-order chi connectivity index (χ0) is 24.3. The fourth-order valence-corrected chi connectivity index (χ4v) is 5.57. The van der Waals surface area contributed by atoms with E-state index < -0.39 is 0 Å². The van der Waals surface area contributed by atoms with Crippen LogP contribution in [0.3, 0.4) is 0 Å². The molecule has 0 bridgehead atoms. The minimum atomic E-state index is -0.244. The standard InChI is InChI=1S/C25H36Cl2N4O3/c1-18-16-31(20(17-34-2)5-11-29-13-9-25(7-8-25)10-14-29)23(32)6-12-30(18)24(33)28-19-3-4-21(26)22(27)15-19/h3-4,15,18,20H,5-14,16-17H2,1-2H3,(H,28,33). The topological polar surface area (TPSA) is 65.1 Å². The number of piperidine rings is 1. The highest BCUT2D eigenvalue weighted by molar-refractivity contribution is 6.42. The number of hydrogen-bond donors (Lipinski definition) is 1. The third-order valence-electron chi connectivity index (χ3n) is 7.76. The molecule has 2 unspecified atom stereocenters. The van der Waals surface area contributed by atoms with Crippen LogP contribution in [0.2, 0.25) is 10.0 Å². The molecule has 1 aromatic rings. The fourth-order valence-electron chi connectivity index (χ4n) is 5.27. The van der Waals surface area contributed by atoms with Crippen LogP contribution in [0.1, 0.15) is 45.4 Å². The third kappa shape index (κ3) is 6.17. The zero-order valence-corrected chi connectivity index (χ0v) is 21.7. The van der Waals surface area contributed by atoms with Gasteiger partial charge in [0, 0.05) is 44.9 Å². The molecule has 1 N–H and O–H groups in total. The molecule has 3 fully saturated rings. The van der Waals surface area contributed by atoms with Crippen LogP contribution < -0.4 is 5.32 Å². The Morgan fingerprint density at radius 2 is 1.91 bits per heavy atom. The predicted molar refractivity (Wildman–Crippen MR) is 136 cm³/mol. The number of amides is 3. The van der Waals surface area contributed by atoms with Gasteiger partial charge in [-0.15, -0.1) is 0 Å². The second-order valence-electron chi connectivity index (χ2n) is 10.1. The van der Waals surface area contributed by atoms with E-state index in [1.165, 1.54) is 25.7 Å². The summed E-state index contributed by atoms with van der Waals surface area (Å²) < 4.78 is 5.51. The van der Waals surface area contributed by atoms with Crippen molar-refractivity contribution in [3.8, 4) is 0 Å². The molecule has 0 radical (unpaired) electrons. The first-order valence-corrected chi connectivity index (χ1v) is 13.1. The molecule has 4 rings (SSSR count). The van der Waals surface area contributed by atoms with Gasteiger partial charge in [-0.05, 0) is 75.7 Å². The number of anilines is 1. The molecule has 9 heteroatoms. The highest BCUT2D eigenvalue weighted by Crippen LogP contribution is 2.53. The summed E-state index contributed by atoms with van der Waals surface area (Å²) in [7, 11) is 1.69. The first-order chi connectivity index (χ1) is 16.3. The maximum Gasteiger partial charge on any atom is 0.322 e. The number of nitrogens with one attached hydrogen (secondary N) is 1. The Labute approximate surface area is 212 Å². The van der Waals surface area contributed by atoms with Gasteiger partial charge in [0.25, 0.3) is 0 Å². The Balaban J connectivity index is 1.35. The minimum absolute atomic E-state index is 0.00912. The number of urea groups is 1. The quantitative estimate of drug-likeness (QED) is 0.575. The van der Waals surface area contributed by atoms with Crippen LogP contribution in [-0.4, -0.2) is 85.2 Å². The number of rotatable bonds is 7. The van der Waals surface area contributed by atoms with E-state index in [-0.39, 0.29) is 24.0 Å². The van der Waals surface area contributed by atoms with E-state index in [0.29, 0.717) is 47.3 Å². The third-order valence-corrected chi connectivity index (χ3v) is 8.50. The summed E-state index contributed by atoms with van der Waals surface area (Å²) in [6, 6.07) is 4.63. The fraction of sp³-hybridized carbons (Fsp3) is 0.680. The lowest BCUT2D eigenvalue weighted by atomic mass is 9.93. The van der Waals surface area contributed by atoms with Gasteiger partial charge in [0.15, 0.2) is 0 Å². The Morgan fingerprint density at radius 1 is 1.18 bits per heavy atom. The summed E-state index contributed by atoms with van der Waals surface area (Å²) in [5.41, 5.74) is 1.24. The maximum absolute atomic E-state index is 13.1. The number of likely N-dealkylation sites (tertiary alicyclic amines) is 1. The van der Waals surface area contributed by atoms with Crippen molar-refractivity contribution in [2.45, 2.75) is 57.5 Å². The number of hydrogen-bond acceptors (Lipinski definition) is 4. The van der Waals surface area contributed by atoms with Gasteiger partial charge in [-0.25, -0.2) is 4.79 Å². The lowest BCUT2D eigenvalue weighted by molar-refractivity contribution is -0.134.